The molecule has 0 bridgehead atoms. The summed E-state index contributed by atoms with van der Waals surface area (Å²) in [5.41, 5.74) is 14.5. The second-order valence-electron chi connectivity index (χ2n) is 4.16. The molecule has 1 heterocycles. The summed E-state index contributed by atoms with van der Waals surface area (Å²) in [5.74, 6) is 2.51. The van der Waals surface area contributed by atoms with E-state index in [9.17, 15) is 0 Å². The minimum Gasteiger partial charge on any atom is -0.399 e. The third kappa shape index (κ3) is 3.06. The van der Waals surface area contributed by atoms with Gasteiger partial charge in [-0.2, -0.15) is 11.8 Å². The van der Waals surface area contributed by atoms with Crippen molar-refractivity contribution in [1.29, 1.82) is 0 Å². The standard InChI is InChI=1S/C12H19N3S/c13-11-1-2-12(14)10(9-11)3-4-15-5-7-16-8-6-15/h1-2,9H,3-8,13-14H2. The van der Waals surface area contributed by atoms with Gasteiger partial charge in [0.15, 0.2) is 0 Å². The predicted octanol–water partition coefficient (Wildman–Crippen LogP) is 1.44. The van der Waals surface area contributed by atoms with Crippen LogP contribution in [0.25, 0.3) is 0 Å². The lowest BCUT2D eigenvalue weighted by atomic mass is 10.1. The third-order valence-electron chi connectivity index (χ3n) is 2.97. The minimum atomic E-state index is 0.804. The first-order valence-electron chi connectivity index (χ1n) is 5.69. The van der Waals surface area contributed by atoms with E-state index in [1.165, 1.54) is 30.2 Å². The Morgan fingerprint density at radius 1 is 1.19 bits per heavy atom. The molecule has 88 valence electrons. The number of nitrogens with two attached hydrogens (primary N) is 2. The van der Waals surface area contributed by atoms with Crippen LogP contribution in [0.3, 0.4) is 0 Å². The van der Waals surface area contributed by atoms with Crippen LogP contribution in [0, 0.1) is 0 Å². The fourth-order valence-electron chi connectivity index (χ4n) is 1.95. The summed E-state index contributed by atoms with van der Waals surface area (Å²) in [7, 11) is 0. The highest BCUT2D eigenvalue weighted by molar-refractivity contribution is 7.99. The molecule has 1 aromatic rings. The van der Waals surface area contributed by atoms with Crippen LogP contribution in [0.2, 0.25) is 0 Å². The molecule has 0 amide bonds. The molecule has 1 aromatic carbocycles. The largest absolute Gasteiger partial charge is 0.399 e. The van der Waals surface area contributed by atoms with Crippen molar-refractivity contribution in [1.82, 2.24) is 4.90 Å². The van der Waals surface area contributed by atoms with E-state index in [0.717, 1.165) is 24.3 Å². The van der Waals surface area contributed by atoms with Crippen LogP contribution >= 0.6 is 11.8 Å². The van der Waals surface area contributed by atoms with Crippen LogP contribution in [0.1, 0.15) is 5.56 Å². The van der Waals surface area contributed by atoms with Crippen molar-refractivity contribution in [3.05, 3.63) is 23.8 Å². The van der Waals surface area contributed by atoms with Gasteiger partial charge in [0.05, 0.1) is 0 Å². The smallest absolute Gasteiger partial charge is 0.0348 e. The van der Waals surface area contributed by atoms with Gasteiger partial charge in [-0.25, -0.2) is 0 Å². The summed E-state index contributed by atoms with van der Waals surface area (Å²) >= 11 is 2.04. The van der Waals surface area contributed by atoms with Gasteiger partial charge >= 0.3 is 0 Å². The van der Waals surface area contributed by atoms with Crippen molar-refractivity contribution in [3.8, 4) is 0 Å². The molecule has 1 aliphatic heterocycles. The highest BCUT2D eigenvalue weighted by Crippen LogP contribution is 2.17. The van der Waals surface area contributed by atoms with Crippen LogP contribution < -0.4 is 11.5 Å². The van der Waals surface area contributed by atoms with Gasteiger partial charge in [0.25, 0.3) is 0 Å². The number of rotatable bonds is 3. The summed E-state index contributed by atoms with van der Waals surface area (Å²) < 4.78 is 0. The highest BCUT2D eigenvalue weighted by Gasteiger charge is 2.10. The number of thioether (sulfide) groups is 1. The summed E-state index contributed by atoms with van der Waals surface area (Å²) in [5, 5.41) is 0. The number of nitrogen functional groups attached to an aromatic ring is 2. The first-order chi connectivity index (χ1) is 7.75. The Balaban J connectivity index is 1.90. The van der Waals surface area contributed by atoms with E-state index < -0.39 is 0 Å². The monoisotopic (exact) mass is 237 g/mol. The lowest BCUT2D eigenvalue weighted by Gasteiger charge is -2.26. The van der Waals surface area contributed by atoms with Crippen LogP contribution in [-0.4, -0.2) is 36.0 Å². The minimum absolute atomic E-state index is 0.804. The van der Waals surface area contributed by atoms with Crippen LogP contribution in [0.15, 0.2) is 18.2 Å². The fourth-order valence-corrected chi connectivity index (χ4v) is 2.92. The topological polar surface area (TPSA) is 55.3 Å². The molecule has 1 fully saturated rings. The maximum atomic E-state index is 5.93. The van der Waals surface area contributed by atoms with Gasteiger partial charge in [-0.1, -0.05) is 0 Å². The van der Waals surface area contributed by atoms with Crippen LogP contribution in [-0.2, 0) is 6.42 Å². The molecule has 4 N–H and O–H groups in total. The Bertz CT molecular complexity index is 348. The first kappa shape index (κ1) is 11.6. The molecule has 1 saturated heterocycles. The highest BCUT2D eigenvalue weighted by atomic mass is 32.2. The maximum absolute atomic E-state index is 5.93. The summed E-state index contributed by atoms with van der Waals surface area (Å²) in [4.78, 5) is 2.50. The van der Waals surface area contributed by atoms with E-state index in [-0.39, 0.29) is 0 Å². The van der Waals surface area contributed by atoms with Crippen molar-refractivity contribution >= 4 is 23.1 Å². The van der Waals surface area contributed by atoms with E-state index in [2.05, 4.69) is 4.90 Å². The fraction of sp³-hybridized carbons (Fsp3) is 0.500. The van der Waals surface area contributed by atoms with E-state index in [4.69, 9.17) is 11.5 Å². The lowest BCUT2D eigenvalue weighted by molar-refractivity contribution is 0.307. The summed E-state index contributed by atoms with van der Waals surface area (Å²) in [6.07, 6.45) is 1.00. The van der Waals surface area contributed by atoms with E-state index in [0.29, 0.717) is 0 Å². The normalized spacial score (nSPS) is 17.5. The van der Waals surface area contributed by atoms with Crippen molar-refractivity contribution in [3.63, 3.8) is 0 Å². The SMILES string of the molecule is Nc1ccc(N)c(CCN2CCSCC2)c1. The van der Waals surface area contributed by atoms with E-state index in [1.807, 2.05) is 30.0 Å². The molecule has 0 radical (unpaired) electrons. The Morgan fingerprint density at radius 2 is 1.94 bits per heavy atom. The van der Waals surface area contributed by atoms with Crippen molar-refractivity contribution in [2.75, 3.05) is 42.6 Å². The quantitative estimate of drug-likeness (QED) is 0.781. The molecule has 2 rings (SSSR count). The van der Waals surface area contributed by atoms with Gasteiger partial charge in [-0.3, -0.25) is 0 Å². The van der Waals surface area contributed by atoms with Crippen LogP contribution in [0.4, 0.5) is 11.4 Å². The number of hydrogen-bond donors (Lipinski definition) is 2. The number of benzene rings is 1. The number of hydrogen-bond acceptors (Lipinski definition) is 4. The molecule has 16 heavy (non-hydrogen) atoms. The Labute approximate surface area is 101 Å². The third-order valence-corrected chi connectivity index (χ3v) is 3.91. The lowest BCUT2D eigenvalue weighted by Crippen LogP contribution is -2.34. The van der Waals surface area contributed by atoms with Gasteiger partial charge in [0.1, 0.15) is 0 Å². The van der Waals surface area contributed by atoms with Crippen molar-refractivity contribution < 1.29 is 0 Å². The van der Waals surface area contributed by atoms with E-state index in [1.54, 1.807) is 0 Å². The zero-order valence-corrected chi connectivity index (χ0v) is 10.3. The van der Waals surface area contributed by atoms with Gasteiger partial charge in [-0.15, -0.1) is 0 Å². The Hall–Kier alpha value is -0.870. The Kier molecular flexibility index (Phi) is 3.96. The van der Waals surface area contributed by atoms with Crippen molar-refractivity contribution in [2.45, 2.75) is 6.42 Å². The van der Waals surface area contributed by atoms with Gasteiger partial charge in [0, 0.05) is 42.5 Å². The average molecular weight is 237 g/mol. The Morgan fingerprint density at radius 3 is 2.69 bits per heavy atom. The number of nitrogens with zero attached hydrogens (tertiary/aromatic N) is 1. The molecular formula is C12H19N3S. The van der Waals surface area contributed by atoms with E-state index >= 15 is 0 Å². The molecule has 4 heteroatoms. The van der Waals surface area contributed by atoms with Crippen LogP contribution in [0.5, 0.6) is 0 Å². The van der Waals surface area contributed by atoms with Gasteiger partial charge in [-0.05, 0) is 30.2 Å². The summed E-state index contributed by atoms with van der Waals surface area (Å²) in [6, 6.07) is 5.75. The zero-order chi connectivity index (χ0) is 11.4. The number of anilines is 2. The molecule has 0 aliphatic carbocycles. The van der Waals surface area contributed by atoms with Gasteiger partial charge in [0.2, 0.25) is 0 Å². The molecule has 0 aromatic heterocycles. The second kappa shape index (κ2) is 5.46. The molecule has 3 nitrogen and oxygen atoms in total. The van der Waals surface area contributed by atoms with Crippen molar-refractivity contribution in [2.24, 2.45) is 0 Å². The maximum Gasteiger partial charge on any atom is 0.0348 e. The average Bonchev–Trinajstić information content (AvgIpc) is 2.32. The molecule has 0 saturated carbocycles. The molecule has 1 aliphatic rings. The molecule has 0 unspecified atom stereocenters. The summed E-state index contributed by atoms with van der Waals surface area (Å²) in [6.45, 7) is 3.49. The molecule has 0 atom stereocenters. The second-order valence-corrected chi connectivity index (χ2v) is 5.39. The molecule has 0 spiro atoms. The molecular weight excluding hydrogens is 218 g/mol. The first-order valence-corrected chi connectivity index (χ1v) is 6.85. The zero-order valence-electron chi connectivity index (χ0n) is 9.48. The van der Waals surface area contributed by atoms with Gasteiger partial charge < -0.3 is 16.4 Å². The predicted molar refractivity (Wildman–Crippen MR) is 72.7 cm³/mol.